The summed E-state index contributed by atoms with van der Waals surface area (Å²) in [4.78, 5) is 4.58. The van der Waals surface area contributed by atoms with Crippen LogP contribution < -0.4 is 5.30 Å². The van der Waals surface area contributed by atoms with E-state index in [-0.39, 0.29) is 6.04 Å². The zero-order chi connectivity index (χ0) is 17.7. The third-order valence-electron chi connectivity index (χ3n) is 3.98. The van der Waals surface area contributed by atoms with Crippen LogP contribution in [-0.2, 0) is 6.54 Å². The molecular formula is C21H30N2P-. The van der Waals surface area contributed by atoms with Crippen molar-refractivity contribution in [2.24, 2.45) is 0 Å². The van der Waals surface area contributed by atoms with E-state index in [9.17, 15) is 0 Å². The first kappa shape index (κ1) is 19.1. The molecule has 0 heterocycles. The fourth-order valence-corrected chi connectivity index (χ4v) is 4.20. The first-order valence-corrected chi connectivity index (χ1v) is 9.55. The van der Waals surface area contributed by atoms with Crippen molar-refractivity contribution in [2.45, 2.75) is 32.1 Å². The van der Waals surface area contributed by atoms with Gasteiger partial charge in [0.05, 0.1) is 6.04 Å². The molecule has 0 spiro atoms. The molecule has 0 bridgehead atoms. The Morgan fingerprint density at radius 3 is 2.00 bits per heavy atom. The lowest BCUT2D eigenvalue weighted by atomic mass is 9.93. The Bertz CT molecular complexity index is 596. The van der Waals surface area contributed by atoms with Crippen molar-refractivity contribution < 1.29 is 0 Å². The molecule has 0 aliphatic carbocycles. The highest BCUT2D eigenvalue weighted by molar-refractivity contribution is 7.48. The maximum Gasteiger partial charge on any atom is 0.0578 e. The quantitative estimate of drug-likeness (QED) is 0.690. The van der Waals surface area contributed by atoms with Gasteiger partial charge in [0, 0.05) is 6.54 Å². The number of rotatable bonds is 7. The van der Waals surface area contributed by atoms with Gasteiger partial charge in [0.1, 0.15) is 0 Å². The molecule has 0 aliphatic heterocycles. The van der Waals surface area contributed by atoms with Gasteiger partial charge in [0.15, 0.2) is 0 Å². The summed E-state index contributed by atoms with van der Waals surface area (Å²) in [7, 11) is 10.0. The molecule has 24 heavy (non-hydrogen) atoms. The van der Waals surface area contributed by atoms with Crippen LogP contribution >= 0.6 is 8.58 Å². The summed E-state index contributed by atoms with van der Waals surface area (Å²) in [5.74, 6) is 0. The molecule has 3 heteroatoms. The van der Waals surface area contributed by atoms with Crippen molar-refractivity contribution in [2.75, 3.05) is 28.2 Å². The normalized spacial score (nSPS) is 13.5. The van der Waals surface area contributed by atoms with Gasteiger partial charge >= 0.3 is 0 Å². The van der Waals surface area contributed by atoms with E-state index in [0.29, 0.717) is 5.66 Å². The van der Waals surface area contributed by atoms with Crippen LogP contribution in [0.2, 0.25) is 0 Å². The molecule has 0 radical (unpaired) electrons. The molecular weight excluding hydrogens is 311 g/mol. The highest BCUT2D eigenvalue weighted by Gasteiger charge is 2.20. The number of benzene rings is 2. The largest absolute Gasteiger partial charge is 0.503 e. The predicted octanol–water partition coefficient (Wildman–Crippen LogP) is 4.38. The standard InChI is InChI=1S/C21H30N2P/c1-16(2)24-20-14-10-9-13-19(20)21(23(5)6)18-12-8-7-11-17(18)15-22(3)4/h7-14,16,21H,15H2,1-6H3/q-1. The zero-order valence-corrected chi connectivity index (χ0v) is 16.7. The van der Waals surface area contributed by atoms with E-state index in [0.717, 1.165) is 6.54 Å². The molecule has 0 aromatic heterocycles. The lowest BCUT2D eigenvalue weighted by Crippen LogP contribution is -2.27. The molecule has 0 fully saturated rings. The molecule has 1 unspecified atom stereocenters. The molecule has 0 saturated carbocycles. The molecule has 0 amide bonds. The van der Waals surface area contributed by atoms with Crippen LogP contribution in [0.5, 0.6) is 0 Å². The van der Waals surface area contributed by atoms with Crippen LogP contribution in [-0.4, -0.2) is 43.6 Å². The monoisotopic (exact) mass is 341 g/mol. The number of nitrogens with zero attached hydrogens (tertiary/aromatic N) is 2. The second-order valence-electron chi connectivity index (χ2n) is 7.08. The third-order valence-corrected chi connectivity index (χ3v) is 5.18. The van der Waals surface area contributed by atoms with Gasteiger partial charge in [0.2, 0.25) is 0 Å². The fourth-order valence-electron chi connectivity index (χ4n) is 3.12. The smallest absolute Gasteiger partial charge is 0.0578 e. The van der Waals surface area contributed by atoms with E-state index in [1.54, 1.807) is 0 Å². The van der Waals surface area contributed by atoms with Crippen molar-refractivity contribution in [3.05, 3.63) is 65.2 Å². The number of hydrogen-bond acceptors (Lipinski definition) is 2. The van der Waals surface area contributed by atoms with Crippen LogP contribution in [0.3, 0.4) is 0 Å². The highest BCUT2D eigenvalue weighted by Crippen LogP contribution is 2.32. The van der Waals surface area contributed by atoms with Gasteiger partial charge in [-0.3, -0.25) is 4.90 Å². The van der Waals surface area contributed by atoms with Crippen LogP contribution in [0.1, 0.15) is 36.6 Å². The van der Waals surface area contributed by atoms with Crippen LogP contribution in [0.15, 0.2) is 48.5 Å². The molecule has 1 atom stereocenters. The molecule has 2 aromatic carbocycles. The van der Waals surface area contributed by atoms with Crippen LogP contribution in [0.4, 0.5) is 0 Å². The van der Waals surface area contributed by atoms with E-state index in [1.165, 1.54) is 30.6 Å². The van der Waals surface area contributed by atoms with E-state index in [1.807, 2.05) is 0 Å². The minimum atomic E-state index is 0.281. The summed E-state index contributed by atoms with van der Waals surface area (Å²) in [5.41, 5.74) is 4.86. The van der Waals surface area contributed by atoms with Gasteiger partial charge < -0.3 is 13.5 Å². The summed E-state index contributed by atoms with van der Waals surface area (Å²) in [6.07, 6.45) is 0. The maximum absolute atomic E-state index is 2.34. The van der Waals surface area contributed by atoms with Crippen LogP contribution in [0, 0.1) is 0 Å². The van der Waals surface area contributed by atoms with Crippen molar-refractivity contribution in [3.63, 3.8) is 0 Å². The van der Waals surface area contributed by atoms with Crippen LogP contribution in [0.25, 0.3) is 0 Å². The van der Waals surface area contributed by atoms with E-state index >= 15 is 0 Å². The Balaban J connectivity index is 2.53. The SMILES string of the molecule is CC(C)[P-]c1ccccc1C(c1ccccc1CN(C)C)N(C)C. The third kappa shape index (κ3) is 4.89. The Morgan fingerprint density at radius 2 is 1.42 bits per heavy atom. The molecule has 0 saturated heterocycles. The summed E-state index contributed by atoms with van der Waals surface area (Å²) in [6.45, 7) is 5.52. The van der Waals surface area contributed by atoms with E-state index in [4.69, 9.17) is 0 Å². The first-order valence-electron chi connectivity index (χ1n) is 8.59. The molecule has 0 aliphatic rings. The van der Waals surface area contributed by atoms with Crippen molar-refractivity contribution in [3.8, 4) is 0 Å². The second kappa shape index (κ2) is 8.76. The van der Waals surface area contributed by atoms with Crippen molar-refractivity contribution in [1.29, 1.82) is 0 Å². The van der Waals surface area contributed by atoms with Gasteiger partial charge in [-0.05, 0) is 39.3 Å². The summed E-state index contributed by atoms with van der Waals surface area (Å²) in [6, 6.07) is 18.0. The fraction of sp³-hybridized carbons (Fsp3) is 0.429. The van der Waals surface area contributed by atoms with Gasteiger partial charge in [-0.25, -0.2) is 0 Å². The van der Waals surface area contributed by atoms with Gasteiger partial charge in [-0.15, -0.1) is 0 Å². The average molecular weight is 341 g/mol. The Labute approximate surface area is 149 Å². The lowest BCUT2D eigenvalue weighted by Gasteiger charge is -2.35. The molecule has 130 valence electrons. The summed E-state index contributed by atoms with van der Waals surface area (Å²) < 4.78 is 0. The minimum Gasteiger partial charge on any atom is -0.503 e. The maximum atomic E-state index is 2.34. The van der Waals surface area contributed by atoms with Gasteiger partial charge in [-0.2, -0.15) is 11.0 Å². The molecule has 2 nitrogen and oxygen atoms in total. The highest BCUT2D eigenvalue weighted by atomic mass is 31.1. The summed E-state index contributed by atoms with van der Waals surface area (Å²) in [5, 5.41) is 1.44. The Hall–Kier alpha value is -1.21. The Kier molecular flexibility index (Phi) is 6.98. The van der Waals surface area contributed by atoms with E-state index < -0.39 is 0 Å². The lowest BCUT2D eigenvalue weighted by molar-refractivity contribution is 0.336. The topological polar surface area (TPSA) is 6.48 Å². The van der Waals surface area contributed by atoms with Crippen molar-refractivity contribution >= 4 is 13.9 Å². The van der Waals surface area contributed by atoms with Crippen molar-refractivity contribution in [1.82, 2.24) is 9.80 Å². The second-order valence-corrected chi connectivity index (χ2v) is 8.86. The Morgan fingerprint density at radius 1 is 0.833 bits per heavy atom. The van der Waals surface area contributed by atoms with Gasteiger partial charge in [0.25, 0.3) is 0 Å². The molecule has 2 aromatic rings. The van der Waals surface area contributed by atoms with Gasteiger partial charge in [-0.1, -0.05) is 67.9 Å². The number of hydrogen-bond donors (Lipinski definition) is 0. The first-order chi connectivity index (χ1) is 11.4. The predicted molar refractivity (Wildman–Crippen MR) is 107 cm³/mol. The van der Waals surface area contributed by atoms with E-state index in [2.05, 4.69) is 100 Å². The molecule has 2 rings (SSSR count). The summed E-state index contributed by atoms with van der Waals surface area (Å²) >= 11 is 0. The average Bonchev–Trinajstić information content (AvgIpc) is 2.49. The zero-order valence-electron chi connectivity index (χ0n) is 15.8. The minimum absolute atomic E-state index is 0.281. The molecule has 0 N–H and O–H groups in total.